The molecule has 7 heteroatoms. The Labute approximate surface area is 227 Å². The molecular formula is C32H32N2O5. The topological polar surface area (TPSA) is 91.9 Å². The molecule has 2 heterocycles. The number of nitrogens with zero attached hydrogens (tertiary/aromatic N) is 1. The molecule has 4 aromatic rings. The summed E-state index contributed by atoms with van der Waals surface area (Å²) in [5, 5.41) is 12.4. The summed E-state index contributed by atoms with van der Waals surface area (Å²) in [4.78, 5) is 31.4. The summed E-state index contributed by atoms with van der Waals surface area (Å²) in [6.45, 7) is 6.63. The molecule has 0 radical (unpaired) electrons. The normalized spacial score (nSPS) is 16.9. The van der Waals surface area contributed by atoms with Crippen molar-refractivity contribution in [1.29, 1.82) is 0 Å². The average molecular weight is 525 g/mol. The zero-order valence-corrected chi connectivity index (χ0v) is 22.3. The highest BCUT2D eigenvalue weighted by atomic mass is 16.5. The number of aliphatic hydroxyl groups is 1. The van der Waals surface area contributed by atoms with Crippen molar-refractivity contribution >= 4 is 28.4 Å². The molecule has 1 atom stereocenters. The van der Waals surface area contributed by atoms with Crippen molar-refractivity contribution in [3.05, 3.63) is 107 Å². The monoisotopic (exact) mass is 524 g/mol. The van der Waals surface area contributed by atoms with E-state index in [1.54, 1.807) is 24.4 Å². The van der Waals surface area contributed by atoms with Crippen LogP contribution in [0.5, 0.6) is 5.75 Å². The van der Waals surface area contributed by atoms with Crippen LogP contribution in [0.1, 0.15) is 42.1 Å². The summed E-state index contributed by atoms with van der Waals surface area (Å²) in [5.74, 6) is -0.906. The minimum absolute atomic E-state index is 0.0149. The second-order valence-corrected chi connectivity index (χ2v) is 9.96. The van der Waals surface area contributed by atoms with E-state index in [0.29, 0.717) is 17.9 Å². The van der Waals surface area contributed by atoms with Gasteiger partial charge in [0.2, 0.25) is 0 Å². The maximum Gasteiger partial charge on any atom is 0.295 e. The third-order valence-corrected chi connectivity index (χ3v) is 6.92. The van der Waals surface area contributed by atoms with Crippen LogP contribution in [0.25, 0.3) is 16.7 Å². The molecule has 3 aromatic carbocycles. The average Bonchev–Trinajstić information content (AvgIpc) is 3.46. The Morgan fingerprint density at radius 3 is 2.51 bits per heavy atom. The number of ketones is 1. The zero-order valence-electron chi connectivity index (χ0n) is 22.3. The predicted molar refractivity (Wildman–Crippen MR) is 150 cm³/mol. The summed E-state index contributed by atoms with van der Waals surface area (Å²) >= 11 is 0. The fourth-order valence-corrected chi connectivity index (χ4v) is 4.99. The van der Waals surface area contributed by atoms with Gasteiger partial charge in [-0.25, -0.2) is 0 Å². The van der Waals surface area contributed by atoms with Gasteiger partial charge < -0.3 is 24.5 Å². The second-order valence-electron chi connectivity index (χ2n) is 9.96. The van der Waals surface area contributed by atoms with E-state index < -0.39 is 17.7 Å². The van der Waals surface area contributed by atoms with E-state index in [2.05, 4.69) is 4.98 Å². The number of carbonyl (C=O) groups is 2. The van der Waals surface area contributed by atoms with E-state index in [4.69, 9.17) is 9.47 Å². The zero-order chi connectivity index (χ0) is 27.5. The molecule has 1 fully saturated rings. The quantitative estimate of drug-likeness (QED) is 0.162. The first kappa shape index (κ1) is 26.3. The lowest BCUT2D eigenvalue weighted by molar-refractivity contribution is -0.140. The molecule has 2 N–H and O–H groups in total. The molecule has 0 spiro atoms. The number of likely N-dealkylation sites (tertiary alicyclic amines) is 1. The molecule has 0 saturated carbocycles. The van der Waals surface area contributed by atoms with Gasteiger partial charge >= 0.3 is 0 Å². The molecule has 1 aromatic heterocycles. The number of benzene rings is 3. The molecule has 0 aliphatic carbocycles. The van der Waals surface area contributed by atoms with Crippen LogP contribution < -0.4 is 4.74 Å². The second kappa shape index (κ2) is 11.2. The number of aromatic amines is 1. The number of H-pyrrole nitrogens is 1. The number of fused-ring (bicyclic) bond motifs is 1. The molecule has 1 unspecified atom stereocenters. The van der Waals surface area contributed by atoms with Crippen molar-refractivity contribution in [1.82, 2.24) is 9.88 Å². The van der Waals surface area contributed by atoms with Gasteiger partial charge in [0.25, 0.3) is 11.7 Å². The minimum atomic E-state index is -0.758. The van der Waals surface area contributed by atoms with Crippen molar-refractivity contribution < 1.29 is 24.2 Å². The SMILES string of the molecule is Cc1cc(/C(O)=C2\C(=O)C(=O)N(CCOC(C)C)C2c2c[nH]c3ccccc23)ccc1OCc1ccccc1. The molecule has 7 nitrogen and oxygen atoms in total. The molecule has 0 bridgehead atoms. The number of ether oxygens (including phenoxy) is 2. The summed E-state index contributed by atoms with van der Waals surface area (Å²) in [6, 6.07) is 22.1. The highest BCUT2D eigenvalue weighted by Gasteiger charge is 2.46. The first-order valence-electron chi connectivity index (χ1n) is 13.1. The van der Waals surface area contributed by atoms with Crippen LogP contribution >= 0.6 is 0 Å². The van der Waals surface area contributed by atoms with E-state index in [1.807, 2.05) is 75.4 Å². The van der Waals surface area contributed by atoms with Gasteiger partial charge in [-0.2, -0.15) is 0 Å². The number of hydrogen-bond acceptors (Lipinski definition) is 5. The molecule has 1 aliphatic rings. The van der Waals surface area contributed by atoms with Gasteiger partial charge in [0.1, 0.15) is 18.1 Å². The summed E-state index contributed by atoms with van der Waals surface area (Å²) in [5.41, 5.74) is 3.98. The standard InChI is InChI=1S/C32H32N2O5/c1-20(2)38-16-15-34-29(25-18-33-26-12-8-7-11-24(25)26)28(31(36)32(34)37)30(35)23-13-14-27(21(3)17-23)39-19-22-9-5-4-6-10-22/h4-14,17-18,20,29,33,35H,15-16,19H2,1-3H3/b30-28+. The fraction of sp³-hybridized carbons (Fsp3) is 0.250. The van der Waals surface area contributed by atoms with Gasteiger partial charge in [0, 0.05) is 34.8 Å². The van der Waals surface area contributed by atoms with E-state index >= 15 is 0 Å². The Morgan fingerprint density at radius 1 is 1.03 bits per heavy atom. The van der Waals surface area contributed by atoms with Crippen LogP contribution in [0.3, 0.4) is 0 Å². The first-order chi connectivity index (χ1) is 18.8. The summed E-state index contributed by atoms with van der Waals surface area (Å²) in [7, 11) is 0. The first-order valence-corrected chi connectivity index (χ1v) is 13.1. The molecular weight excluding hydrogens is 492 g/mol. The summed E-state index contributed by atoms with van der Waals surface area (Å²) < 4.78 is 11.7. The van der Waals surface area contributed by atoms with Crippen molar-refractivity contribution in [3.63, 3.8) is 0 Å². The Kier molecular flexibility index (Phi) is 7.52. The van der Waals surface area contributed by atoms with Gasteiger partial charge in [-0.05, 0) is 56.2 Å². The Bertz CT molecular complexity index is 1540. The number of para-hydroxylation sites is 1. The van der Waals surface area contributed by atoms with Crippen LogP contribution in [0, 0.1) is 6.92 Å². The third-order valence-electron chi connectivity index (χ3n) is 6.92. The maximum absolute atomic E-state index is 13.4. The van der Waals surface area contributed by atoms with Crippen LogP contribution in [0.4, 0.5) is 0 Å². The predicted octanol–water partition coefficient (Wildman–Crippen LogP) is 5.90. The maximum atomic E-state index is 13.4. The Morgan fingerprint density at radius 2 is 1.77 bits per heavy atom. The summed E-state index contributed by atoms with van der Waals surface area (Å²) in [6.07, 6.45) is 1.79. The van der Waals surface area contributed by atoms with Crippen LogP contribution in [0.15, 0.2) is 84.6 Å². The van der Waals surface area contributed by atoms with Crippen molar-refractivity contribution in [2.75, 3.05) is 13.2 Å². The van der Waals surface area contributed by atoms with Gasteiger partial charge in [0.15, 0.2) is 0 Å². The third kappa shape index (κ3) is 5.31. The number of nitrogens with one attached hydrogen (secondary N) is 1. The molecule has 1 saturated heterocycles. The number of carbonyl (C=O) groups excluding carboxylic acids is 2. The largest absolute Gasteiger partial charge is 0.507 e. The van der Waals surface area contributed by atoms with Crippen LogP contribution in [-0.2, 0) is 20.9 Å². The Balaban J connectivity index is 1.52. The lowest BCUT2D eigenvalue weighted by atomic mass is 9.94. The lowest BCUT2D eigenvalue weighted by Gasteiger charge is -2.25. The van der Waals surface area contributed by atoms with Gasteiger partial charge in [-0.15, -0.1) is 0 Å². The number of aryl methyl sites for hydroxylation is 1. The minimum Gasteiger partial charge on any atom is -0.507 e. The lowest BCUT2D eigenvalue weighted by Crippen LogP contribution is -2.33. The number of Topliss-reactive ketones (excluding diaryl/α,β-unsaturated/α-hetero) is 1. The van der Waals surface area contributed by atoms with Crippen LogP contribution in [0.2, 0.25) is 0 Å². The van der Waals surface area contributed by atoms with E-state index in [1.165, 1.54) is 4.90 Å². The van der Waals surface area contributed by atoms with E-state index in [9.17, 15) is 14.7 Å². The number of amides is 1. The van der Waals surface area contributed by atoms with Crippen molar-refractivity contribution in [2.24, 2.45) is 0 Å². The molecule has 1 aliphatic heterocycles. The number of hydrogen-bond donors (Lipinski definition) is 2. The van der Waals surface area contributed by atoms with E-state index in [-0.39, 0.29) is 30.6 Å². The van der Waals surface area contributed by atoms with E-state index in [0.717, 1.165) is 27.6 Å². The van der Waals surface area contributed by atoms with Crippen molar-refractivity contribution in [2.45, 2.75) is 39.5 Å². The van der Waals surface area contributed by atoms with Crippen LogP contribution in [-0.4, -0.2) is 45.9 Å². The number of aliphatic hydroxyl groups excluding tert-OH is 1. The molecule has 5 rings (SSSR count). The highest BCUT2D eigenvalue weighted by Crippen LogP contribution is 2.42. The smallest absolute Gasteiger partial charge is 0.295 e. The number of rotatable bonds is 9. The Hall–Kier alpha value is -4.36. The highest BCUT2D eigenvalue weighted by molar-refractivity contribution is 6.46. The number of aromatic nitrogens is 1. The van der Waals surface area contributed by atoms with Crippen molar-refractivity contribution in [3.8, 4) is 5.75 Å². The molecule has 39 heavy (non-hydrogen) atoms. The molecule has 200 valence electrons. The molecule has 1 amide bonds. The van der Waals surface area contributed by atoms with Gasteiger partial charge in [-0.3, -0.25) is 9.59 Å². The van der Waals surface area contributed by atoms with Gasteiger partial charge in [-0.1, -0.05) is 48.5 Å². The fourth-order valence-electron chi connectivity index (χ4n) is 4.99. The van der Waals surface area contributed by atoms with Gasteiger partial charge in [0.05, 0.1) is 24.3 Å².